The number of nitro benzene ring substituents is 1. The molecule has 0 saturated heterocycles. The van der Waals surface area contributed by atoms with Gasteiger partial charge in [0, 0.05) is 17.7 Å². The highest BCUT2D eigenvalue weighted by Crippen LogP contribution is 2.32. The third-order valence-corrected chi connectivity index (χ3v) is 3.00. The molecular weight excluding hydrogens is 331 g/mol. The highest BCUT2D eigenvalue weighted by molar-refractivity contribution is 5.98. The fraction of sp³-hybridized carbons (Fsp3) is 0.133. The van der Waals surface area contributed by atoms with Crippen LogP contribution in [0.5, 0.6) is 5.75 Å². The number of alkyl halides is 3. The van der Waals surface area contributed by atoms with Crippen molar-refractivity contribution in [2.75, 3.05) is 7.11 Å². The number of hydrogen-bond donors (Lipinski definition) is 0. The maximum Gasteiger partial charge on any atom is 0.573 e. The Morgan fingerprint density at radius 1 is 1.17 bits per heavy atom. The van der Waals surface area contributed by atoms with Crippen molar-refractivity contribution < 1.29 is 32.4 Å². The highest BCUT2D eigenvalue weighted by Gasteiger charge is 2.31. The molecule has 0 aliphatic rings. The van der Waals surface area contributed by atoms with Crippen LogP contribution in [0.15, 0.2) is 42.5 Å². The van der Waals surface area contributed by atoms with Gasteiger partial charge in [0.1, 0.15) is 5.75 Å². The first-order valence-corrected chi connectivity index (χ1v) is 6.44. The molecule has 0 unspecified atom stereocenters. The van der Waals surface area contributed by atoms with Crippen LogP contribution in [0.2, 0.25) is 0 Å². The lowest BCUT2D eigenvalue weighted by atomic mass is 9.98. The Bertz CT molecular complexity index is 789. The van der Waals surface area contributed by atoms with Crippen molar-refractivity contribution in [1.82, 2.24) is 0 Å². The summed E-state index contributed by atoms with van der Waals surface area (Å²) in [5, 5.41) is 10.9. The lowest BCUT2D eigenvalue weighted by Gasteiger charge is -2.12. The van der Waals surface area contributed by atoms with Crippen molar-refractivity contribution in [2.45, 2.75) is 6.36 Å². The minimum absolute atomic E-state index is 0.0211. The first-order valence-electron chi connectivity index (χ1n) is 6.44. The summed E-state index contributed by atoms with van der Waals surface area (Å²) in [6, 6.07) is 8.14. The first-order chi connectivity index (χ1) is 11.2. The number of nitrogens with zero attached hydrogens (tertiary/aromatic N) is 1. The van der Waals surface area contributed by atoms with Gasteiger partial charge < -0.3 is 9.47 Å². The molecule has 0 spiro atoms. The zero-order valence-corrected chi connectivity index (χ0v) is 12.2. The van der Waals surface area contributed by atoms with Crippen LogP contribution in [0.3, 0.4) is 0 Å². The van der Waals surface area contributed by atoms with Gasteiger partial charge in [-0.1, -0.05) is 12.1 Å². The first kappa shape index (κ1) is 17.3. The number of ether oxygens (including phenoxy) is 2. The van der Waals surface area contributed by atoms with Gasteiger partial charge in [0.2, 0.25) is 0 Å². The van der Waals surface area contributed by atoms with Crippen molar-refractivity contribution in [1.29, 1.82) is 0 Å². The van der Waals surface area contributed by atoms with Gasteiger partial charge >= 0.3 is 12.3 Å². The van der Waals surface area contributed by atoms with Gasteiger partial charge in [-0.05, 0) is 23.8 Å². The molecule has 0 N–H and O–H groups in total. The predicted molar refractivity (Wildman–Crippen MR) is 76.6 cm³/mol. The fourth-order valence-electron chi connectivity index (χ4n) is 2.03. The van der Waals surface area contributed by atoms with E-state index >= 15 is 0 Å². The lowest BCUT2D eigenvalue weighted by Crippen LogP contribution is -2.17. The molecule has 2 rings (SSSR count). The Kier molecular flexibility index (Phi) is 4.72. The second-order valence-electron chi connectivity index (χ2n) is 4.55. The van der Waals surface area contributed by atoms with Crippen molar-refractivity contribution in [3.8, 4) is 16.9 Å². The van der Waals surface area contributed by atoms with Crippen LogP contribution < -0.4 is 4.74 Å². The summed E-state index contributed by atoms with van der Waals surface area (Å²) in [7, 11) is 1.12. The summed E-state index contributed by atoms with van der Waals surface area (Å²) >= 11 is 0. The normalized spacial score (nSPS) is 11.0. The molecule has 0 amide bonds. The van der Waals surface area contributed by atoms with E-state index in [9.17, 15) is 28.1 Å². The molecule has 0 atom stereocenters. The number of methoxy groups -OCH3 is 1. The fourth-order valence-corrected chi connectivity index (χ4v) is 2.03. The SMILES string of the molecule is COC(=O)c1ccc([N+](=O)[O-])cc1-c1cccc(OC(F)(F)F)c1. The van der Waals surface area contributed by atoms with Crippen molar-refractivity contribution in [3.05, 3.63) is 58.1 Å². The van der Waals surface area contributed by atoms with Crippen molar-refractivity contribution in [3.63, 3.8) is 0 Å². The molecule has 0 heterocycles. The van der Waals surface area contributed by atoms with E-state index in [0.717, 1.165) is 31.4 Å². The van der Waals surface area contributed by atoms with Gasteiger partial charge in [-0.25, -0.2) is 4.79 Å². The predicted octanol–water partition coefficient (Wildman–Crippen LogP) is 3.95. The zero-order valence-electron chi connectivity index (χ0n) is 12.2. The van der Waals surface area contributed by atoms with Crippen LogP contribution in [0.1, 0.15) is 10.4 Å². The summed E-state index contributed by atoms with van der Waals surface area (Å²) in [4.78, 5) is 22.0. The minimum Gasteiger partial charge on any atom is -0.465 e. The van der Waals surface area contributed by atoms with Gasteiger partial charge in [0.05, 0.1) is 17.6 Å². The van der Waals surface area contributed by atoms with E-state index in [2.05, 4.69) is 9.47 Å². The molecule has 0 fully saturated rings. The number of esters is 1. The van der Waals surface area contributed by atoms with Crippen LogP contribution in [0.25, 0.3) is 11.1 Å². The number of carbonyl (C=O) groups is 1. The second kappa shape index (κ2) is 6.57. The average Bonchev–Trinajstić information content (AvgIpc) is 2.52. The van der Waals surface area contributed by atoms with E-state index in [1.807, 2.05) is 0 Å². The largest absolute Gasteiger partial charge is 0.573 e. The molecule has 24 heavy (non-hydrogen) atoms. The molecule has 0 saturated carbocycles. The molecule has 0 aromatic heterocycles. The van der Waals surface area contributed by atoms with E-state index in [1.165, 1.54) is 18.2 Å². The van der Waals surface area contributed by atoms with Crippen LogP contribution >= 0.6 is 0 Å². The van der Waals surface area contributed by atoms with E-state index in [4.69, 9.17) is 0 Å². The maximum atomic E-state index is 12.3. The monoisotopic (exact) mass is 341 g/mol. The van der Waals surface area contributed by atoms with Crippen LogP contribution in [0, 0.1) is 10.1 Å². The summed E-state index contributed by atoms with van der Waals surface area (Å²) in [5.41, 5.74) is -0.142. The quantitative estimate of drug-likeness (QED) is 0.478. The standard InChI is InChI=1S/C15H10F3NO5/c1-23-14(20)12-6-5-10(19(21)22)8-13(12)9-3-2-4-11(7-9)24-15(16,17)18/h2-8H,1H3. The minimum atomic E-state index is -4.88. The molecule has 0 aliphatic heterocycles. The summed E-state index contributed by atoms with van der Waals surface area (Å²) in [6.07, 6.45) is -4.88. The Labute approximate surface area is 133 Å². The Hall–Kier alpha value is -3.10. The van der Waals surface area contributed by atoms with E-state index in [0.29, 0.717) is 0 Å². The summed E-state index contributed by atoms with van der Waals surface area (Å²) in [5.74, 6) is -1.29. The third-order valence-electron chi connectivity index (χ3n) is 3.00. The van der Waals surface area contributed by atoms with E-state index in [1.54, 1.807) is 0 Å². The van der Waals surface area contributed by atoms with Crippen LogP contribution in [-0.4, -0.2) is 24.4 Å². The number of nitro groups is 1. The van der Waals surface area contributed by atoms with E-state index in [-0.39, 0.29) is 22.4 Å². The van der Waals surface area contributed by atoms with Gasteiger partial charge in [0.25, 0.3) is 5.69 Å². The number of halogens is 3. The maximum absolute atomic E-state index is 12.3. The molecule has 2 aromatic carbocycles. The smallest absolute Gasteiger partial charge is 0.465 e. The second-order valence-corrected chi connectivity index (χ2v) is 4.55. The number of carbonyl (C=O) groups excluding carboxylic acids is 1. The summed E-state index contributed by atoms with van der Waals surface area (Å²) in [6.45, 7) is 0. The highest BCUT2D eigenvalue weighted by atomic mass is 19.4. The van der Waals surface area contributed by atoms with Gasteiger partial charge in [-0.2, -0.15) is 0 Å². The number of hydrogen-bond acceptors (Lipinski definition) is 5. The lowest BCUT2D eigenvalue weighted by molar-refractivity contribution is -0.384. The molecule has 0 bridgehead atoms. The number of non-ortho nitro benzene ring substituents is 1. The van der Waals surface area contributed by atoms with Gasteiger partial charge in [0.15, 0.2) is 0 Å². The van der Waals surface area contributed by atoms with Crippen molar-refractivity contribution in [2.24, 2.45) is 0 Å². The Balaban J connectivity index is 2.57. The van der Waals surface area contributed by atoms with Gasteiger partial charge in [-0.15, -0.1) is 13.2 Å². The van der Waals surface area contributed by atoms with Crippen molar-refractivity contribution >= 4 is 11.7 Å². The molecule has 126 valence electrons. The zero-order chi connectivity index (χ0) is 17.9. The van der Waals surface area contributed by atoms with Crippen LogP contribution in [-0.2, 0) is 4.74 Å². The Morgan fingerprint density at radius 3 is 2.46 bits per heavy atom. The van der Waals surface area contributed by atoms with E-state index < -0.39 is 23.0 Å². The number of benzene rings is 2. The molecular formula is C15H10F3NO5. The topological polar surface area (TPSA) is 78.7 Å². The number of rotatable bonds is 4. The molecule has 2 aromatic rings. The molecule has 6 nitrogen and oxygen atoms in total. The molecule has 9 heteroatoms. The van der Waals surface area contributed by atoms with Crippen LogP contribution in [0.4, 0.5) is 18.9 Å². The molecule has 0 aliphatic carbocycles. The average molecular weight is 341 g/mol. The summed E-state index contributed by atoms with van der Waals surface area (Å²) < 4.78 is 45.4. The van der Waals surface area contributed by atoms with Gasteiger partial charge in [-0.3, -0.25) is 10.1 Å². The Morgan fingerprint density at radius 2 is 1.88 bits per heavy atom. The third kappa shape index (κ3) is 4.00. The molecule has 0 radical (unpaired) electrons.